The molecule has 27 heavy (non-hydrogen) atoms. The zero-order valence-corrected chi connectivity index (χ0v) is 16.0. The molecule has 0 aliphatic carbocycles. The van der Waals surface area contributed by atoms with Crippen molar-refractivity contribution in [1.29, 1.82) is 5.26 Å². The second-order valence-electron chi connectivity index (χ2n) is 6.33. The Hall–Kier alpha value is -2.09. The molecule has 1 aromatic rings. The molecule has 0 radical (unpaired) electrons. The molecule has 1 atom stereocenters. The van der Waals surface area contributed by atoms with E-state index in [4.69, 9.17) is 5.26 Å². The maximum Gasteiger partial charge on any atom is 0.249 e. The average molecular weight is 400 g/mol. The van der Waals surface area contributed by atoms with Crippen LogP contribution in [0.1, 0.15) is 13.3 Å². The molecule has 0 saturated carbocycles. The van der Waals surface area contributed by atoms with Gasteiger partial charge >= 0.3 is 0 Å². The number of sulfonamides is 1. The van der Waals surface area contributed by atoms with E-state index in [1.165, 1.54) is 4.90 Å². The van der Waals surface area contributed by atoms with Crippen LogP contribution >= 0.6 is 0 Å². The third-order valence-electron chi connectivity index (χ3n) is 4.63. The summed E-state index contributed by atoms with van der Waals surface area (Å²) in [5, 5.41) is 8.61. The van der Waals surface area contributed by atoms with Gasteiger partial charge in [-0.1, -0.05) is 6.07 Å². The SMILES string of the molecule is CC(C(=O)N(C)CCC#N)N1CCN(S(=O)(=O)c2c(F)cccc2F)CC1. The van der Waals surface area contributed by atoms with E-state index in [1.807, 2.05) is 11.0 Å². The van der Waals surface area contributed by atoms with Crippen molar-refractivity contribution >= 4 is 15.9 Å². The minimum absolute atomic E-state index is 0.0234. The highest BCUT2D eigenvalue weighted by molar-refractivity contribution is 7.89. The van der Waals surface area contributed by atoms with Crippen LogP contribution in [0.4, 0.5) is 8.78 Å². The van der Waals surface area contributed by atoms with Gasteiger partial charge in [0.25, 0.3) is 0 Å². The number of halogens is 2. The summed E-state index contributed by atoms with van der Waals surface area (Å²) in [6, 6.07) is 4.42. The van der Waals surface area contributed by atoms with Crippen LogP contribution < -0.4 is 0 Å². The Morgan fingerprint density at radius 2 is 1.81 bits per heavy atom. The number of amides is 1. The van der Waals surface area contributed by atoms with Gasteiger partial charge in [-0.25, -0.2) is 17.2 Å². The first-order valence-electron chi connectivity index (χ1n) is 8.50. The van der Waals surface area contributed by atoms with Crippen molar-refractivity contribution in [2.75, 3.05) is 39.8 Å². The highest BCUT2D eigenvalue weighted by Gasteiger charge is 2.35. The molecule has 0 aromatic heterocycles. The van der Waals surface area contributed by atoms with E-state index in [1.54, 1.807) is 14.0 Å². The van der Waals surface area contributed by atoms with Crippen molar-refractivity contribution in [3.05, 3.63) is 29.8 Å². The lowest BCUT2D eigenvalue weighted by Crippen LogP contribution is -2.55. The Morgan fingerprint density at radius 3 is 2.33 bits per heavy atom. The quantitative estimate of drug-likeness (QED) is 0.712. The molecule has 1 amide bonds. The summed E-state index contributed by atoms with van der Waals surface area (Å²) in [6.07, 6.45) is 0.231. The van der Waals surface area contributed by atoms with Gasteiger partial charge in [0.15, 0.2) is 4.90 Å². The van der Waals surface area contributed by atoms with E-state index in [2.05, 4.69) is 0 Å². The zero-order chi connectivity index (χ0) is 20.2. The van der Waals surface area contributed by atoms with Crippen molar-refractivity contribution < 1.29 is 22.0 Å². The highest BCUT2D eigenvalue weighted by Crippen LogP contribution is 2.24. The normalized spacial score (nSPS) is 17.3. The van der Waals surface area contributed by atoms with Crippen LogP contribution in [-0.4, -0.2) is 74.2 Å². The predicted octanol–water partition coefficient (Wildman–Crippen LogP) is 1.03. The van der Waals surface area contributed by atoms with Gasteiger partial charge in [0.1, 0.15) is 11.6 Å². The summed E-state index contributed by atoms with van der Waals surface area (Å²) in [5.74, 6) is -2.41. The van der Waals surface area contributed by atoms with Gasteiger partial charge in [0.2, 0.25) is 15.9 Å². The number of likely N-dealkylation sites (N-methyl/N-ethyl adjacent to an activating group) is 1. The van der Waals surface area contributed by atoms with Gasteiger partial charge < -0.3 is 4.90 Å². The van der Waals surface area contributed by atoms with Gasteiger partial charge in [-0.15, -0.1) is 0 Å². The Balaban J connectivity index is 2.04. The van der Waals surface area contributed by atoms with Gasteiger partial charge in [0, 0.05) is 39.8 Å². The van der Waals surface area contributed by atoms with Crippen molar-refractivity contribution in [3.63, 3.8) is 0 Å². The van der Waals surface area contributed by atoms with E-state index in [-0.39, 0.29) is 38.5 Å². The first-order chi connectivity index (χ1) is 12.7. The summed E-state index contributed by atoms with van der Waals surface area (Å²) >= 11 is 0. The monoisotopic (exact) mass is 400 g/mol. The molecule has 1 aliphatic rings. The number of nitriles is 1. The summed E-state index contributed by atoms with van der Waals surface area (Å²) < 4.78 is 54.0. The standard InChI is InChI=1S/C17H22F2N4O3S/c1-13(17(24)21(2)8-4-7-20)22-9-11-23(12-10-22)27(25,26)16-14(18)5-3-6-15(16)19/h3,5-6,13H,4,8-12H2,1-2H3. The number of hydrogen-bond acceptors (Lipinski definition) is 5. The lowest BCUT2D eigenvalue weighted by molar-refractivity contribution is -0.135. The van der Waals surface area contributed by atoms with Crippen LogP contribution in [0.25, 0.3) is 0 Å². The molecule has 1 aromatic carbocycles. The maximum atomic E-state index is 13.9. The number of hydrogen-bond donors (Lipinski definition) is 0. The van der Waals surface area contributed by atoms with Gasteiger partial charge in [-0.3, -0.25) is 9.69 Å². The van der Waals surface area contributed by atoms with Crippen molar-refractivity contribution in [2.24, 2.45) is 0 Å². The molecule has 1 aliphatic heterocycles. The molecular weight excluding hydrogens is 378 g/mol. The molecule has 148 valence electrons. The van der Waals surface area contributed by atoms with Gasteiger partial charge in [-0.05, 0) is 19.1 Å². The fraction of sp³-hybridized carbons (Fsp3) is 0.529. The maximum absolute atomic E-state index is 13.9. The second kappa shape index (κ2) is 8.73. The molecule has 10 heteroatoms. The predicted molar refractivity (Wildman–Crippen MR) is 94.0 cm³/mol. The Labute approximate surface area is 157 Å². The minimum Gasteiger partial charge on any atom is -0.343 e. The van der Waals surface area contributed by atoms with E-state index < -0.39 is 32.6 Å². The first kappa shape index (κ1) is 21.2. The van der Waals surface area contributed by atoms with Gasteiger partial charge in [0.05, 0.1) is 18.5 Å². The van der Waals surface area contributed by atoms with Gasteiger partial charge in [-0.2, -0.15) is 9.57 Å². The highest BCUT2D eigenvalue weighted by atomic mass is 32.2. The van der Waals surface area contributed by atoms with Crippen molar-refractivity contribution in [3.8, 4) is 6.07 Å². The molecule has 1 saturated heterocycles. The minimum atomic E-state index is -4.30. The number of piperazine rings is 1. The van der Waals surface area contributed by atoms with E-state index in [0.29, 0.717) is 6.54 Å². The Bertz CT molecular complexity index is 813. The number of nitrogens with zero attached hydrogens (tertiary/aromatic N) is 4. The average Bonchev–Trinajstić information content (AvgIpc) is 2.64. The third kappa shape index (κ3) is 4.61. The molecule has 0 N–H and O–H groups in total. The van der Waals surface area contributed by atoms with Crippen LogP contribution in [0.3, 0.4) is 0 Å². The number of carbonyl (C=O) groups excluding carboxylic acids is 1. The summed E-state index contributed by atoms with van der Waals surface area (Å²) in [7, 11) is -2.69. The number of benzene rings is 1. The molecule has 1 unspecified atom stereocenters. The van der Waals surface area contributed by atoms with Crippen molar-refractivity contribution in [1.82, 2.24) is 14.1 Å². The molecule has 1 fully saturated rings. The topological polar surface area (TPSA) is 84.7 Å². The number of rotatable bonds is 6. The Morgan fingerprint density at radius 1 is 1.26 bits per heavy atom. The van der Waals surface area contributed by atoms with E-state index >= 15 is 0 Å². The largest absolute Gasteiger partial charge is 0.343 e. The van der Waals surface area contributed by atoms with Crippen LogP contribution in [0, 0.1) is 23.0 Å². The van der Waals surface area contributed by atoms with Crippen LogP contribution in [-0.2, 0) is 14.8 Å². The molecule has 2 rings (SSSR count). The molecular formula is C17H22F2N4O3S. The Kier molecular flexibility index (Phi) is 6.86. The molecule has 0 spiro atoms. The first-order valence-corrected chi connectivity index (χ1v) is 9.94. The third-order valence-corrected chi connectivity index (χ3v) is 6.58. The van der Waals surface area contributed by atoms with Crippen molar-refractivity contribution in [2.45, 2.75) is 24.3 Å². The molecule has 0 bridgehead atoms. The second-order valence-corrected chi connectivity index (χ2v) is 8.21. The molecule has 7 nitrogen and oxygen atoms in total. The zero-order valence-electron chi connectivity index (χ0n) is 15.2. The number of carbonyl (C=O) groups is 1. The van der Waals surface area contributed by atoms with Crippen LogP contribution in [0.5, 0.6) is 0 Å². The van der Waals surface area contributed by atoms with Crippen LogP contribution in [0.2, 0.25) is 0 Å². The van der Waals surface area contributed by atoms with E-state index in [9.17, 15) is 22.0 Å². The van der Waals surface area contributed by atoms with E-state index in [0.717, 1.165) is 22.5 Å². The molecule has 1 heterocycles. The fourth-order valence-electron chi connectivity index (χ4n) is 2.99. The smallest absolute Gasteiger partial charge is 0.249 e. The van der Waals surface area contributed by atoms with Crippen LogP contribution in [0.15, 0.2) is 23.1 Å². The summed E-state index contributed by atoms with van der Waals surface area (Å²) in [4.78, 5) is 14.7. The fourth-order valence-corrected chi connectivity index (χ4v) is 4.52. The lowest BCUT2D eigenvalue weighted by Gasteiger charge is -2.37. The lowest BCUT2D eigenvalue weighted by atomic mass is 10.2. The summed E-state index contributed by atoms with van der Waals surface area (Å²) in [5.41, 5.74) is 0. The summed E-state index contributed by atoms with van der Waals surface area (Å²) in [6.45, 7) is 2.60.